The van der Waals surface area contributed by atoms with E-state index in [4.69, 9.17) is 0 Å². The molecule has 2 rings (SSSR count). The molecule has 1 N–H and O–H groups in total. The zero-order valence-corrected chi connectivity index (χ0v) is 13.3. The molecule has 0 saturated heterocycles. The van der Waals surface area contributed by atoms with Gasteiger partial charge in [0, 0.05) is 7.05 Å². The highest BCUT2D eigenvalue weighted by Gasteiger charge is 2.17. The van der Waals surface area contributed by atoms with Crippen molar-refractivity contribution in [3.63, 3.8) is 0 Å². The number of aromatic nitrogens is 2. The van der Waals surface area contributed by atoms with Crippen molar-refractivity contribution in [2.24, 2.45) is 7.05 Å². The molecule has 0 aliphatic rings. The Morgan fingerprint density at radius 3 is 2.67 bits per heavy atom. The molecule has 2 aromatic rings. The molecule has 1 aromatic carbocycles. The van der Waals surface area contributed by atoms with Crippen LogP contribution in [-0.4, -0.2) is 16.3 Å². The molecule has 0 bridgehead atoms. The summed E-state index contributed by atoms with van der Waals surface area (Å²) < 4.78 is 15.4. The molecule has 0 aliphatic carbocycles. The maximum atomic E-state index is 13.5. The summed E-state index contributed by atoms with van der Waals surface area (Å²) >= 11 is 0. The molecular weight excluding hydrogens is 265 g/mol. The summed E-state index contributed by atoms with van der Waals surface area (Å²) in [5.74, 6) is -0.175. The molecular formula is C17H24FN3. The van der Waals surface area contributed by atoms with Gasteiger partial charge in [0.25, 0.3) is 0 Å². The standard InChI is InChI=1S/C17H24FN3/c1-5-8-19-16(17-9-13(3)20-21(17)4)11-14-10-15(18)7-6-12(14)2/h6-7,9-10,16,19H,5,8,11H2,1-4H3. The molecule has 1 atom stereocenters. The van der Waals surface area contributed by atoms with E-state index in [2.05, 4.69) is 23.4 Å². The Bertz CT molecular complexity index is 604. The van der Waals surface area contributed by atoms with Crippen molar-refractivity contribution in [2.45, 2.75) is 39.7 Å². The van der Waals surface area contributed by atoms with Crippen LogP contribution in [0, 0.1) is 19.7 Å². The minimum atomic E-state index is -0.175. The van der Waals surface area contributed by atoms with Crippen LogP contribution in [0.3, 0.4) is 0 Å². The molecule has 0 spiro atoms. The van der Waals surface area contributed by atoms with Crippen LogP contribution in [0.2, 0.25) is 0 Å². The highest BCUT2D eigenvalue weighted by Crippen LogP contribution is 2.22. The van der Waals surface area contributed by atoms with Gasteiger partial charge < -0.3 is 5.32 Å². The minimum absolute atomic E-state index is 0.150. The van der Waals surface area contributed by atoms with Gasteiger partial charge in [0.05, 0.1) is 17.4 Å². The Kier molecular flexibility index (Phi) is 5.12. The molecule has 0 aliphatic heterocycles. The molecule has 1 unspecified atom stereocenters. The first kappa shape index (κ1) is 15.7. The van der Waals surface area contributed by atoms with Crippen molar-refractivity contribution in [3.8, 4) is 0 Å². The summed E-state index contributed by atoms with van der Waals surface area (Å²) in [5, 5.41) is 7.98. The van der Waals surface area contributed by atoms with Crippen LogP contribution in [0.15, 0.2) is 24.3 Å². The predicted octanol–water partition coefficient (Wildman–Crippen LogP) is 3.46. The zero-order valence-electron chi connectivity index (χ0n) is 13.3. The molecule has 114 valence electrons. The highest BCUT2D eigenvalue weighted by atomic mass is 19.1. The fourth-order valence-corrected chi connectivity index (χ4v) is 2.64. The second-order valence-corrected chi connectivity index (χ2v) is 5.62. The smallest absolute Gasteiger partial charge is 0.123 e. The molecule has 1 aromatic heterocycles. The molecule has 0 fully saturated rings. The average Bonchev–Trinajstić information content (AvgIpc) is 2.77. The Hall–Kier alpha value is -1.68. The Balaban J connectivity index is 2.28. The quantitative estimate of drug-likeness (QED) is 0.882. The Morgan fingerprint density at radius 2 is 2.05 bits per heavy atom. The number of nitrogens with zero attached hydrogens (tertiary/aromatic N) is 2. The van der Waals surface area contributed by atoms with E-state index in [0.717, 1.165) is 41.9 Å². The van der Waals surface area contributed by atoms with Gasteiger partial charge in [-0.25, -0.2) is 4.39 Å². The third-order valence-electron chi connectivity index (χ3n) is 3.77. The van der Waals surface area contributed by atoms with E-state index in [9.17, 15) is 4.39 Å². The summed E-state index contributed by atoms with van der Waals surface area (Å²) in [5.41, 5.74) is 4.32. The largest absolute Gasteiger partial charge is 0.308 e. The molecule has 0 amide bonds. The van der Waals surface area contributed by atoms with E-state index >= 15 is 0 Å². The van der Waals surface area contributed by atoms with E-state index in [1.165, 1.54) is 6.07 Å². The SMILES string of the molecule is CCCNC(Cc1cc(F)ccc1C)c1cc(C)nn1C. The van der Waals surface area contributed by atoms with Crippen LogP contribution < -0.4 is 5.32 Å². The number of halogens is 1. The number of hydrogen-bond acceptors (Lipinski definition) is 2. The first-order valence-corrected chi connectivity index (χ1v) is 7.50. The normalized spacial score (nSPS) is 12.6. The van der Waals surface area contributed by atoms with Crippen molar-refractivity contribution >= 4 is 0 Å². The van der Waals surface area contributed by atoms with Crippen LogP contribution >= 0.6 is 0 Å². The van der Waals surface area contributed by atoms with Gasteiger partial charge in [-0.05, 0) is 62.6 Å². The maximum absolute atomic E-state index is 13.5. The fourth-order valence-electron chi connectivity index (χ4n) is 2.64. The first-order valence-electron chi connectivity index (χ1n) is 7.50. The minimum Gasteiger partial charge on any atom is -0.308 e. The molecule has 0 saturated carbocycles. The van der Waals surface area contributed by atoms with Gasteiger partial charge in [-0.2, -0.15) is 5.10 Å². The van der Waals surface area contributed by atoms with E-state index in [1.54, 1.807) is 6.07 Å². The van der Waals surface area contributed by atoms with Crippen molar-refractivity contribution in [1.82, 2.24) is 15.1 Å². The molecule has 4 heteroatoms. The van der Waals surface area contributed by atoms with E-state index in [1.807, 2.05) is 31.6 Å². The summed E-state index contributed by atoms with van der Waals surface area (Å²) in [4.78, 5) is 0. The second-order valence-electron chi connectivity index (χ2n) is 5.62. The van der Waals surface area contributed by atoms with Crippen LogP contribution in [0.5, 0.6) is 0 Å². The Labute approximate surface area is 126 Å². The second kappa shape index (κ2) is 6.85. The lowest BCUT2D eigenvalue weighted by molar-refractivity contribution is 0.491. The van der Waals surface area contributed by atoms with E-state index in [0.29, 0.717) is 0 Å². The molecule has 3 nitrogen and oxygen atoms in total. The van der Waals surface area contributed by atoms with Crippen LogP contribution in [0.25, 0.3) is 0 Å². The Morgan fingerprint density at radius 1 is 1.29 bits per heavy atom. The number of aryl methyl sites for hydroxylation is 3. The van der Waals surface area contributed by atoms with Crippen molar-refractivity contribution in [1.29, 1.82) is 0 Å². The number of hydrogen-bond donors (Lipinski definition) is 1. The van der Waals surface area contributed by atoms with Gasteiger partial charge in [-0.1, -0.05) is 13.0 Å². The average molecular weight is 289 g/mol. The van der Waals surface area contributed by atoms with Gasteiger partial charge in [-0.15, -0.1) is 0 Å². The van der Waals surface area contributed by atoms with Crippen molar-refractivity contribution < 1.29 is 4.39 Å². The summed E-state index contributed by atoms with van der Waals surface area (Å²) in [7, 11) is 1.96. The van der Waals surface area contributed by atoms with Crippen molar-refractivity contribution in [2.75, 3.05) is 6.54 Å². The number of nitrogens with one attached hydrogen (secondary N) is 1. The number of rotatable bonds is 6. The van der Waals surface area contributed by atoms with E-state index in [-0.39, 0.29) is 11.9 Å². The maximum Gasteiger partial charge on any atom is 0.123 e. The topological polar surface area (TPSA) is 29.9 Å². The summed E-state index contributed by atoms with van der Waals surface area (Å²) in [6, 6.07) is 7.25. The van der Waals surface area contributed by atoms with Crippen LogP contribution in [-0.2, 0) is 13.5 Å². The first-order chi connectivity index (χ1) is 10.0. The van der Waals surface area contributed by atoms with Gasteiger partial charge in [0.2, 0.25) is 0 Å². The predicted molar refractivity (Wildman–Crippen MR) is 83.8 cm³/mol. The van der Waals surface area contributed by atoms with Gasteiger partial charge in [0.1, 0.15) is 5.82 Å². The molecule has 21 heavy (non-hydrogen) atoms. The summed E-state index contributed by atoms with van der Waals surface area (Å²) in [6.07, 6.45) is 1.83. The van der Waals surface area contributed by atoms with Gasteiger partial charge in [0.15, 0.2) is 0 Å². The van der Waals surface area contributed by atoms with Crippen molar-refractivity contribution in [3.05, 3.63) is 52.6 Å². The van der Waals surface area contributed by atoms with Gasteiger partial charge >= 0.3 is 0 Å². The van der Waals surface area contributed by atoms with Crippen LogP contribution in [0.1, 0.15) is 41.9 Å². The number of benzene rings is 1. The fraction of sp³-hybridized carbons (Fsp3) is 0.471. The lowest BCUT2D eigenvalue weighted by atomic mass is 9.98. The summed E-state index contributed by atoms with van der Waals surface area (Å²) in [6.45, 7) is 7.10. The molecule has 1 heterocycles. The lowest BCUT2D eigenvalue weighted by Gasteiger charge is -2.20. The highest BCUT2D eigenvalue weighted by molar-refractivity contribution is 5.29. The molecule has 0 radical (unpaired) electrons. The zero-order chi connectivity index (χ0) is 15.4. The lowest BCUT2D eigenvalue weighted by Crippen LogP contribution is -2.26. The van der Waals surface area contributed by atoms with Crippen LogP contribution in [0.4, 0.5) is 4.39 Å². The van der Waals surface area contributed by atoms with Gasteiger partial charge in [-0.3, -0.25) is 4.68 Å². The van der Waals surface area contributed by atoms with E-state index < -0.39 is 0 Å². The third-order valence-corrected chi connectivity index (χ3v) is 3.77. The monoisotopic (exact) mass is 289 g/mol. The third kappa shape index (κ3) is 3.91.